The third-order valence-corrected chi connectivity index (χ3v) is 9.39. The number of thiazole rings is 1. The van der Waals surface area contributed by atoms with Crippen molar-refractivity contribution in [2.24, 2.45) is 0 Å². The Morgan fingerprint density at radius 1 is 1.12 bits per heavy atom. The average Bonchev–Trinajstić information content (AvgIpc) is 3.52. The van der Waals surface area contributed by atoms with E-state index >= 15 is 0 Å². The number of aromatic nitrogens is 1. The topological polar surface area (TPSA) is 45.2 Å². The van der Waals surface area contributed by atoms with E-state index in [9.17, 15) is 9.18 Å². The van der Waals surface area contributed by atoms with E-state index in [-0.39, 0.29) is 11.7 Å². The number of benzene rings is 3. The van der Waals surface area contributed by atoms with Crippen LogP contribution in [0.2, 0.25) is 0 Å². The Morgan fingerprint density at radius 3 is 2.74 bits per heavy atom. The molecule has 0 spiro atoms. The number of thioether (sulfide) groups is 2. The second-order valence-corrected chi connectivity index (χ2v) is 11.9. The summed E-state index contributed by atoms with van der Waals surface area (Å²) in [6.45, 7) is 1.99. The molecule has 5 rings (SSSR count). The molecule has 3 aromatic carbocycles. The monoisotopic (exact) mass is 527 g/mol. The maximum Gasteiger partial charge on any atom is 0.234 e. The fourth-order valence-electron chi connectivity index (χ4n) is 3.95. The van der Waals surface area contributed by atoms with Gasteiger partial charge in [0.2, 0.25) is 5.91 Å². The van der Waals surface area contributed by atoms with Crippen LogP contribution in [0.15, 0.2) is 58.9 Å². The van der Waals surface area contributed by atoms with Crippen molar-refractivity contribution in [2.45, 2.75) is 22.9 Å². The molecule has 0 radical (unpaired) electrons. The molecule has 0 atom stereocenters. The zero-order valence-electron chi connectivity index (χ0n) is 18.3. The van der Waals surface area contributed by atoms with Crippen LogP contribution >= 0.6 is 47.1 Å². The minimum atomic E-state index is -0.199. The molecule has 0 unspecified atom stereocenters. The molecule has 0 saturated carbocycles. The number of likely N-dealkylation sites (tertiary alicyclic amines) is 1. The largest absolute Gasteiger partial charge is 0.358 e. The maximum atomic E-state index is 14.1. The summed E-state index contributed by atoms with van der Waals surface area (Å²) >= 11 is 10.1. The van der Waals surface area contributed by atoms with Crippen molar-refractivity contribution in [2.75, 3.05) is 24.2 Å². The fraction of sp³-hybridized carbons (Fsp3) is 0.240. The number of hydrogen-bond donors (Lipinski definition) is 1. The molecule has 1 aliphatic heterocycles. The SMILES string of the molecule is O=C(CSC(=S)N1CCCC1)Nc1ccc2nc(SCc3ccc(F)c4ccccc34)sc2c1. The van der Waals surface area contributed by atoms with Crippen molar-refractivity contribution in [1.29, 1.82) is 0 Å². The zero-order valence-corrected chi connectivity index (χ0v) is 21.5. The maximum absolute atomic E-state index is 14.1. The second kappa shape index (κ2) is 10.6. The molecule has 9 heteroatoms. The highest BCUT2D eigenvalue weighted by molar-refractivity contribution is 8.23. The van der Waals surface area contributed by atoms with Crippen molar-refractivity contribution in [3.63, 3.8) is 0 Å². The number of amides is 1. The number of hydrogen-bond acceptors (Lipinski definition) is 6. The van der Waals surface area contributed by atoms with Crippen LogP contribution in [0.3, 0.4) is 0 Å². The number of fused-ring (bicyclic) bond motifs is 2. The molecule has 1 fully saturated rings. The van der Waals surface area contributed by atoms with Gasteiger partial charge in [0, 0.05) is 29.9 Å². The van der Waals surface area contributed by atoms with Crippen molar-refractivity contribution < 1.29 is 9.18 Å². The van der Waals surface area contributed by atoms with Gasteiger partial charge < -0.3 is 10.2 Å². The van der Waals surface area contributed by atoms with Crippen LogP contribution in [0.4, 0.5) is 10.1 Å². The summed E-state index contributed by atoms with van der Waals surface area (Å²) < 4.78 is 16.9. The van der Waals surface area contributed by atoms with Crippen LogP contribution in [0, 0.1) is 5.82 Å². The molecule has 34 heavy (non-hydrogen) atoms. The lowest BCUT2D eigenvalue weighted by Gasteiger charge is -2.17. The zero-order chi connectivity index (χ0) is 23.5. The van der Waals surface area contributed by atoms with E-state index in [1.54, 1.807) is 23.1 Å². The van der Waals surface area contributed by atoms with Crippen molar-refractivity contribution in [3.8, 4) is 0 Å². The van der Waals surface area contributed by atoms with E-state index in [1.165, 1.54) is 30.7 Å². The molecule has 1 aliphatic rings. The van der Waals surface area contributed by atoms with E-state index < -0.39 is 0 Å². The lowest BCUT2D eigenvalue weighted by atomic mass is 10.1. The van der Waals surface area contributed by atoms with Crippen LogP contribution in [-0.4, -0.2) is 39.0 Å². The van der Waals surface area contributed by atoms with Gasteiger partial charge in [-0.3, -0.25) is 4.79 Å². The smallest absolute Gasteiger partial charge is 0.234 e. The Balaban J connectivity index is 1.21. The number of rotatable bonds is 6. The molecule has 2 heterocycles. The lowest BCUT2D eigenvalue weighted by molar-refractivity contribution is -0.113. The Labute approximate surface area is 215 Å². The van der Waals surface area contributed by atoms with E-state index in [0.717, 1.165) is 48.6 Å². The van der Waals surface area contributed by atoms with Crippen molar-refractivity contribution in [3.05, 3.63) is 66.0 Å². The van der Waals surface area contributed by atoms with Crippen LogP contribution in [0.1, 0.15) is 18.4 Å². The summed E-state index contributed by atoms with van der Waals surface area (Å²) in [5.74, 6) is 0.754. The number of carbonyl (C=O) groups excluding carboxylic acids is 1. The highest BCUT2D eigenvalue weighted by atomic mass is 32.2. The number of anilines is 1. The van der Waals surface area contributed by atoms with Gasteiger partial charge in [0.15, 0.2) is 4.34 Å². The van der Waals surface area contributed by atoms with Crippen LogP contribution in [0.5, 0.6) is 0 Å². The molecule has 174 valence electrons. The Hall–Kier alpha value is -2.20. The predicted octanol–water partition coefficient (Wildman–Crippen LogP) is 6.93. The molecular weight excluding hydrogens is 506 g/mol. The Bertz CT molecular complexity index is 1370. The summed E-state index contributed by atoms with van der Waals surface area (Å²) in [4.78, 5) is 19.3. The first-order chi connectivity index (χ1) is 16.6. The molecule has 0 bridgehead atoms. The molecule has 1 amide bonds. The number of nitrogens with zero attached hydrogens (tertiary/aromatic N) is 2. The summed E-state index contributed by atoms with van der Waals surface area (Å²) in [5, 5.41) is 4.55. The minimum Gasteiger partial charge on any atom is -0.358 e. The molecule has 4 nitrogen and oxygen atoms in total. The number of thiocarbonyl (C=S) groups is 1. The van der Waals surface area contributed by atoms with Gasteiger partial charge in [-0.2, -0.15) is 0 Å². The molecule has 4 aromatic rings. The summed E-state index contributed by atoms with van der Waals surface area (Å²) in [7, 11) is 0. The summed E-state index contributed by atoms with van der Waals surface area (Å²) in [5.41, 5.74) is 2.74. The molecular formula is C25H22FN3OS4. The predicted molar refractivity (Wildman–Crippen MR) is 148 cm³/mol. The number of carbonyl (C=O) groups is 1. The van der Waals surface area contributed by atoms with Crippen molar-refractivity contribution >= 4 is 84.0 Å². The van der Waals surface area contributed by atoms with E-state index in [4.69, 9.17) is 17.2 Å². The molecule has 1 N–H and O–H groups in total. The van der Waals surface area contributed by atoms with E-state index in [2.05, 4.69) is 10.2 Å². The number of halogens is 1. The first-order valence-corrected chi connectivity index (χ1v) is 14.2. The quantitative estimate of drug-likeness (QED) is 0.217. The Morgan fingerprint density at radius 2 is 1.91 bits per heavy atom. The first kappa shape index (κ1) is 23.5. The first-order valence-electron chi connectivity index (χ1n) is 11.0. The highest BCUT2D eigenvalue weighted by Crippen LogP contribution is 2.34. The van der Waals surface area contributed by atoms with Crippen LogP contribution in [-0.2, 0) is 10.5 Å². The summed E-state index contributed by atoms with van der Waals surface area (Å²) in [6, 6.07) is 16.7. The fourth-order valence-corrected chi connectivity index (χ4v) is 7.11. The Kier molecular flexibility index (Phi) is 7.34. The molecule has 1 saturated heterocycles. The van der Waals surface area contributed by atoms with Crippen LogP contribution < -0.4 is 5.32 Å². The molecule has 1 aromatic heterocycles. The van der Waals surface area contributed by atoms with Crippen LogP contribution in [0.25, 0.3) is 21.0 Å². The average molecular weight is 528 g/mol. The normalized spacial score (nSPS) is 13.6. The second-order valence-electron chi connectivity index (χ2n) is 8.00. The number of nitrogens with one attached hydrogen (secondary N) is 1. The summed E-state index contributed by atoms with van der Waals surface area (Å²) in [6.07, 6.45) is 2.34. The minimum absolute atomic E-state index is 0.0619. The standard InChI is InChI=1S/C25H22FN3OS4/c26-20-9-7-16(18-5-1-2-6-19(18)20)14-32-24-28-21-10-8-17(13-22(21)34-24)27-23(30)15-33-25(31)29-11-3-4-12-29/h1-2,5-10,13H,3-4,11-12,14-15H2,(H,27,30). The van der Waals surface area contributed by atoms with E-state index in [1.807, 2.05) is 48.5 Å². The highest BCUT2D eigenvalue weighted by Gasteiger charge is 2.16. The van der Waals surface area contributed by atoms with Gasteiger partial charge in [-0.25, -0.2) is 9.37 Å². The van der Waals surface area contributed by atoms with Gasteiger partial charge in [0.1, 0.15) is 10.1 Å². The van der Waals surface area contributed by atoms with Gasteiger partial charge in [-0.15, -0.1) is 11.3 Å². The third kappa shape index (κ3) is 5.38. The molecule has 0 aliphatic carbocycles. The van der Waals surface area contributed by atoms with Gasteiger partial charge in [0.05, 0.1) is 16.0 Å². The third-order valence-electron chi connectivity index (χ3n) is 5.66. The van der Waals surface area contributed by atoms with Gasteiger partial charge in [-0.05, 0) is 48.1 Å². The van der Waals surface area contributed by atoms with Gasteiger partial charge in [0.25, 0.3) is 0 Å². The van der Waals surface area contributed by atoms with Gasteiger partial charge in [-0.1, -0.05) is 66.1 Å². The lowest BCUT2D eigenvalue weighted by Crippen LogP contribution is -2.25. The van der Waals surface area contributed by atoms with Gasteiger partial charge >= 0.3 is 0 Å². The van der Waals surface area contributed by atoms with E-state index in [0.29, 0.717) is 16.9 Å². The van der Waals surface area contributed by atoms with Crippen molar-refractivity contribution in [1.82, 2.24) is 9.88 Å².